The molecule has 2 aromatic heterocycles. The van der Waals surface area contributed by atoms with E-state index in [0.717, 1.165) is 33.5 Å². The van der Waals surface area contributed by atoms with Crippen molar-refractivity contribution < 1.29 is 9.18 Å². The SMILES string of the molecule is Cc1c([C@@H](C)NC(=O)c2ccc(Cn3nnc4ccccc43)cc2)cnn1-c1ccc(F)cc1. The predicted octanol–water partition coefficient (Wildman–Crippen LogP) is 4.60. The van der Waals surface area contributed by atoms with Gasteiger partial charge in [-0.15, -0.1) is 5.10 Å². The fourth-order valence-corrected chi connectivity index (χ4v) is 4.02. The van der Waals surface area contributed by atoms with Crippen LogP contribution < -0.4 is 5.32 Å². The highest BCUT2D eigenvalue weighted by atomic mass is 19.1. The number of nitrogens with zero attached hydrogens (tertiary/aromatic N) is 5. The molecule has 0 spiro atoms. The maximum absolute atomic E-state index is 13.2. The van der Waals surface area contributed by atoms with E-state index >= 15 is 0 Å². The van der Waals surface area contributed by atoms with Gasteiger partial charge >= 0.3 is 0 Å². The van der Waals surface area contributed by atoms with E-state index in [1.165, 1.54) is 12.1 Å². The van der Waals surface area contributed by atoms with E-state index < -0.39 is 0 Å². The maximum atomic E-state index is 13.2. The van der Waals surface area contributed by atoms with E-state index in [-0.39, 0.29) is 17.8 Å². The van der Waals surface area contributed by atoms with Gasteiger partial charge in [-0.1, -0.05) is 29.5 Å². The van der Waals surface area contributed by atoms with Crippen molar-refractivity contribution >= 4 is 16.9 Å². The fourth-order valence-electron chi connectivity index (χ4n) is 4.02. The zero-order chi connectivity index (χ0) is 23.7. The van der Waals surface area contributed by atoms with Crippen LogP contribution in [-0.4, -0.2) is 30.7 Å². The van der Waals surface area contributed by atoms with Gasteiger partial charge in [-0.2, -0.15) is 5.10 Å². The molecule has 7 nitrogen and oxygen atoms in total. The van der Waals surface area contributed by atoms with Crippen molar-refractivity contribution in [1.82, 2.24) is 30.1 Å². The molecule has 8 heteroatoms. The van der Waals surface area contributed by atoms with Gasteiger partial charge in [-0.25, -0.2) is 13.8 Å². The summed E-state index contributed by atoms with van der Waals surface area (Å²) in [4.78, 5) is 12.8. The Morgan fingerprint density at radius 2 is 1.76 bits per heavy atom. The lowest BCUT2D eigenvalue weighted by atomic mass is 10.1. The molecule has 0 aliphatic heterocycles. The van der Waals surface area contributed by atoms with E-state index in [1.807, 2.05) is 67.1 Å². The number of fused-ring (bicyclic) bond motifs is 1. The standard InChI is InChI=1S/C26H23FN6O/c1-17(23-15-28-33(18(23)2)22-13-11-21(27)12-14-22)29-26(34)20-9-7-19(8-10-20)16-32-25-6-4-3-5-24(25)30-31-32/h3-15,17H,16H2,1-2H3,(H,29,34)/t17-/m1/s1. The van der Waals surface area contributed by atoms with Crippen LogP contribution in [0.4, 0.5) is 4.39 Å². The Morgan fingerprint density at radius 3 is 2.53 bits per heavy atom. The van der Waals surface area contributed by atoms with Crippen molar-refractivity contribution in [1.29, 1.82) is 0 Å². The molecule has 5 rings (SSSR count). The summed E-state index contributed by atoms with van der Waals surface area (Å²) in [7, 11) is 0. The monoisotopic (exact) mass is 454 g/mol. The molecule has 1 atom stereocenters. The minimum atomic E-state index is -0.296. The molecular weight excluding hydrogens is 431 g/mol. The molecule has 1 amide bonds. The largest absolute Gasteiger partial charge is 0.345 e. The summed E-state index contributed by atoms with van der Waals surface area (Å²) < 4.78 is 16.8. The van der Waals surface area contributed by atoms with Gasteiger partial charge in [-0.3, -0.25) is 4.79 Å². The van der Waals surface area contributed by atoms with E-state index in [2.05, 4.69) is 20.7 Å². The number of aromatic nitrogens is 5. The average Bonchev–Trinajstić information content (AvgIpc) is 3.43. The number of benzene rings is 3. The van der Waals surface area contributed by atoms with Gasteiger partial charge in [0.25, 0.3) is 5.91 Å². The third-order valence-electron chi connectivity index (χ3n) is 5.90. The van der Waals surface area contributed by atoms with Crippen LogP contribution in [0.1, 0.15) is 40.1 Å². The molecule has 170 valence electrons. The number of hydrogen-bond donors (Lipinski definition) is 1. The van der Waals surface area contributed by atoms with Gasteiger partial charge in [0, 0.05) is 16.8 Å². The molecule has 0 aliphatic rings. The number of hydrogen-bond acceptors (Lipinski definition) is 4. The van der Waals surface area contributed by atoms with Crippen molar-refractivity contribution in [3.8, 4) is 5.69 Å². The molecular formula is C26H23FN6O. The van der Waals surface area contributed by atoms with Gasteiger partial charge in [0.1, 0.15) is 11.3 Å². The highest BCUT2D eigenvalue weighted by molar-refractivity contribution is 5.94. The topological polar surface area (TPSA) is 77.6 Å². The van der Waals surface area contributed by atoms with Crippen LogP contribution in [0, 0.1) is 12.7 Å². The zero-order valence-electron chi connectivity index (χ0n) is 18.8. The van der Waals surface area contributed by atoms with Crippen molar-refractivity contribution in [2.75, 3.05) is 0 Å². The first-order chi connectivity index (χ1) is 16.5. The maximum Gasteiger partial charge on any atom is 0.251 e. The number of halogens is 1. The van der Waals surface area contributed by atoms with Gasteiger partial charge in [0.05, 0.1) is 30.0 Å². The number of rotatable bonds is 6. The van der Waals surface area contributed by atoms with Crippen LogP contribution in [-0.2, 0) is 6.54 Å². The highest BCUT2D eigenvalue weighted by Crippen LogP contribution is 2.21. The third kappa shape index (κ3) is 4.17. The summed E-state index contributed by atoms with van der Waals surface area (Å²) >= 11 is 0. The van der Waals surface area contributed by atoms with E-state index in [0.29, 0.717) is 12.1 Å². The fraction of sp³-hybridized carbons (Fsp3) is 0.154. The second-order valence-corrected chi connectivity index (χ2v) is 8.20. The van der Waals surface area contributed by atoms with Gasteiger partial charge < -0.3 is 5.32 Å². The van der Waals surface area contributed by atoms with Crippen molar-refractivity contribution in [2.24, 2.45) is 0 Å². The first-order valence-electron chi connectivity index (χ1n) is 11.0. The number of nitrogens with one attached hydrogen (secondary N) is 1. The molecule has 1 N–H and O–H groups in total. The Hall–Kier alpha value is -4.33. The molecule has 5 aromatic rings. The zero-order valence-corrected chi connectivity index (χ0v) is 18.8. The predicted molar refractivity (Wildman–Crippen MR) is 127 cm³/mol. The Kier molecular flexibility index (Phi) is 5.63. The number of carbonyl (C=O) groups excluding carboxylic acids is 1. The molecule has 0 bridgehead atoms. The highest BCUT2D eigenvalue weighted by Gasteiger charge is 2.17. The second kappa shape index (κ2) is 8.90. The number of carbonyl (C=O) groups is 1. The van der Waals surface area contributed by atoms with Crippen molar-refractivity contribution in [2.45, 2.75) is 26.4 Å². The van der Waals surface area contributed by atoms with Crippen LogP contribution in [0.15, 0.2) is 79.0 Å². The van der Waals surface area contributed by atoms with E-state index in [9.17, 15) is 9.18 Å². The minimum Gasteiger partial charge on any atom is -0.345 e. The number of amides is 1. The average molecular weight is 455 g/mol. The summed E-state index contributed by atoms with van der Waals surface area (Å²) in [5, 5.41) is 15.8. The van der Waals surface area contributed by atoms with E-state index in [4.69, 9.17) is 0 Å². The molecule has 34 heavy (non-hydrogen) atoms. The lowest BCUT2D eigenvalue weighted by Crippen LogP contribution is -2.27. The lowest BCUT2D eigenvalue weighted by Gasteiger charge is -2.14. The lowest BCUT2D eigenvalue weighted by molar-refractivity contribution is 0.0940. The molecule has 0 aliphatic carbocycles. The molecule has 0 saturated heterocycles. The summed E-state index contributed by atoms with van der Waals surface area (Å²) in [6.45, 7) is 4.42. The van der Waals surface area contributed by atoms with Crippen LogP contribution in [0.2, 0.25) is 0 Å². The third-order valence-corrected chi connectivity index (χ3v) is 5.90. The Morgan fingerprint density at radius 1 is 1.03 bits per heavy atom. The second-order valence-electron chi connectivity index (χ2n) is 8.20. The summed E-state index contributed by atoms with van der Waals surface area (Å²) in [5.41, 5.74) is 5.96. The smallest absolute Gasteiger partial charge is 0.251 e. The molecule has 0 unspecified atom stereocenters. The first-order valence-corrected chi connectivity index (χ1v) is 11.0. The van der Waals surface area contributed by atoms with Gasteiger partial charge in [-0.05, 0) is 67.9 Å². The quantitative estimate of drug-likeness (QED) is 0.407. The van der Waals surface area contributed by atoms with Crippen molar-refractivity contribution in [3.63, 3.8) is 0 Å². The summed E-state index contributed by atoms with van der Waals surface area (Å²) in [6, 6.07) is 21.2. The molecule has 0 radical (unpaired) electrons. The Labute approximate surface area is 195 Å². The molecule has 3 aromatic carbocycles. The van der Waals surface area contributed by atoms with E-state index in [1.54, 1.807) is 23.0 Å². The minimum absolute atomic E-state index is 0.167. The Bertz CT molecular complexity index is 1450. The first kappa shape index (κ1) is 21.5. The van der Waals surface area contributed by atoms with Gasteiger partial charge in [0.15, 0.2) is 0 Å². The summed E-state index contributed by atoms with van der Waals surface area (Å²) in [5.74, 6) is -0.464. The normalized spacial score (nSPS) is 12.1. The van der Waals surface area contributed by atoms with Crippen LogP contribution in [0.3, 0.4) is 0 Å². The Balaban J connectivity index is 1.27. The molecule has 0 saturated carbocycles. The summed E-state index contributed by atoms with van der Waals surface area (Å²) in [6.07, 6.45) is 1.73. The molecule has 2 heterocycles. The van der Waals surface area contributed by atoms with Crippen molar-refractivity contribution in [3.05, 3.63) is 107 Å². The van der Waals surface area contributed by atoms with Crippen LogP contribution in [0.5, 0.6) is 0 Å². The molecule has 0 fully saturated rings. The number of para-hydroxylation sites is 1. The van der Waals surface area contributed by atoms with Crippen LogP contribution in [0.25, 0.3) is 16.7 Å². The van der Waals surface area contributed by atoms with Gasteiger partial charge in [0.2, 0.25) is 0 Å². The van der Waals surface area contributed by atoms with Crippen LogP contribution >= 0.6 is 0 Å².